The summed E-state index contributed by atoms with van der Waals surface area (Å²) in [4.78, 5) is 0. The van der Waals surface area contributed by atoms with Crippen molar-refractivity contribution in [3.63, 3.8) is 0 Å². The summed E-state index contributed by atoms with van der Waals surface area (Å²) in [5.74, 6) is 0. The fourth-order valence-corrected chi connectivity index (χ4v) is 2.25. The summed E-state index contributed by atoms with van der Waals surface area (Å²) < 4.78 is 16.3. The Bertz CT molecular complexity index is 135. The van der Waals surface area contributed by atoms with Gasteiger partial charge in [-0.05, 0) is 0 Å². The fourth-order valence-electron chi connectivity index (χ4n) is 1.35. The molecule has 0 heterocycles. The maximum absolute atomic E-state index is 5.63. The second-order valence-corrected chi connectivity index (χ2v) is 3.97. The minimum absolute atomic E-state index is 0.00685. The number of rotatable bonds is 8. The molecule has 0 amide bonds. The van der Waals surface area contributed by atoms with E-state index in [1.807, 2.05) is 41.2 Å². The molecule has 0 rings (SSSR count). The van der Waals surface area contributed by atoms with Gasteiger partial charge in [-0.1, -0.05) is 0 Å². The van der Waals surface area contributed by atoms with E-state index in [4.69, 9.17) is 14.2 Å². The van der Waals surface area contributed by atoms with Crippen LogP contribution in [-0.4, -0.2) is 30.0 Å². The van der Waals surface area contributed by atoms with Gasteiger partial charge in [0.15, 0.2) is 0 Å². The van der Waals surface area contributed by atoms with Crippen LogP contribution in [0.25, 0.3) is 0 Å². The molecule has 0 aromatic heterocycles. The molecule has 14 heavy (non-hydrogen) atoms. The monoisotopic (exact) mass is 237 g/mol. The normalized spacial score (nSPS) is 14.2. The fraction of sp³-hybridized carbons (Fsp3) is 1.00. The summed E-state index contributed by atoms with van der Waals surface area (Å²) >= 11 is 1.95. The van der Waals surface area contributed by atoms with Crippen LogP contribution in [-0.2, 0) is 34.6 Å². The average Bonchev–Trinajstić information content (AvgIpc) is 2.14. The Balaban J connectivity index is 4.39. The molecule has 0 aromatic carbocycles. The van der Waals surface area contributed by atoms with Crippen molar-refractivity contribution < 1.29 is 34.6 Å². The quantitative estimate of drug-likeness (QED) is 0.477. The van der Waals surface area contributed by atoms with Crippen molar-refractivity contribution in [3.05, 3.63) is 0 Å². The van der Waals surface area contributed by atoms with Crippen molar-refractivity contribution in [1.29, 1.82) is 0 Å². The molecule has 0 aromatic rings. The Morgan fingerprint density at radius 2 is 1.50 bits per heavy atom. The van der Waals surface area contributed by atoms with Gasteiger partial charge >= 0.3 is 98.8 Å². The molecule has 1 unspecified atom stereocenters. The molecule has 0 aliphatic carbocycles. The van der Waals surface area contributed by atoms with Crippen LogP contribution in [0.2, 0.25) is 0 Å². The van der Waals surface area contributed by atoms with Gasteiger partial charge in [-0.2, -0.15) is 0 Å². The van der Waals surface area contributed by atoms with Crippen LogP contribution in [0.15, 0.2) is 0 Å². The first-order valence-electron chi connectivity index (χ1n) is 5.29. The van der Waals surface area contributed by atoms with Crippen molar-refractivity contribution in [3.8, 4) is 0 Å². The second-order valence-electron chi connectivity index (χ2n) is 2.89. The van der Waals surface area contributed by atoms with Crippen LogP contribution in [0.5, 0.6) is 0 Å². The van der Waals surface area contributed by atoms with Gasteiger partial charge in [-0.3, -0.25) is 0 Å². The minimum atomic E-state index is -0.603. The molecule has 0 spiro atoms. The zero-order chi connectivity index (χ0) is 11.0. The van der Waals surface area contributed by atoms with Crippen LogP contribution in [0.4, 0.5) is 0 Å². The SMILES string of the molecule is CCOC(CC)[C]([Ti])(OCC)OCC. The van der Waals surface area contributed by atoms with Gasteiger partial charge < -0.3 is 0 Å². The third-order valence-electron chi connectivity index (χ3n) is 1.88. The predicted octanol–water partition coefficient (Wildman–Crippen LogP) is 2.08. The van der Waals surface area contributed by atoms with Gasteiger partial charge in [-0.15, -0.1) is 0 Å². The van der Waals surface area contributed by atoms with Crippen molar-refractivity contribution in [2.45, 2.75) is 44.3 Å². The molecule has 0 radical (unpaired) electrons. The zero-order valence-electron chi connectivity index (χ0n) is 9.63. The molecule has 1 atom stereocenters. The van der Waals surface area contributed by atoms with E-state index >= 15 is 0 Å². The van der Waals surface area contributed by atoms with E-state index in [-0.39, 0.29) is 6.10 Å². The molecular weight excluding hydrogens is 216 g/mol. The molecule has 0 bridgehead atoms. The number of ether oxygens (including phenoxy) is 3. The topological polar surface area (TPSA) is 27.7 Å². The van der Waals surface area contributed by atoms with Gasteiger partial charge in [0.2, 0.25) is 0 Å². The van der Waals surface area contributed by atoms with Gasteiger partial charge in [0.25, 0.3) is 0 Å². The summed E-state index contributed by atoms with van der Waals surface area (Å²) in [6, 6.07) is 0. The van der Waals surface area contributed by atoms with E-state index in [0.29, 0.717) is 19.8 Å². The first-order chi connectivity index (χ1) is 6.64. The van der Waals surface area contributed by atoms with Crippen molar-refractivity contribution in [2.24, 2.45) is 0 Å². The molecule has 0 saturated heterocycles. The van der Waals surface area contributed by atoms with Gasteiger partial charge in [-0.25, -0.2) is 0 Å². The van der Waals surface area contributed by atoms with Crippen molar-refractivity contribution >= 4 is 0 Å². The third-order valence-corrected chi connectivity index (χ3v) is 2.83. The summed E-state index contributed by atoms with van der Waals surface area (Å²) in [5, 5.41) is 0. The van der Waals surface area contributed by atoms with Crippen LogP contribution in [0, 0.1) is 0 Å². The molecule has 83 valence electrons. The first-order valence-corrected chi connectivity index (χ1v) is 6.07. The summed E-state index contributed by atoms with van der Waals surface area (Å²) in [6.07, 6.45) is 0.900. The molecule has 0 saturated carbocycles. The van der Waals surface area contributed by atoms with Gasteiger partial charge in [0.05, 0.1) is 0 Å². The number of hydrogen-bond acceptors (Lipinski definition) is 3. The maximum atomic E-state index is 5.63. The number of hydrogen-bond donors (Lipinski definition) is 0. The van der Waals surface area contributed by atoms with Crippen LogP contribution >= 0.6 is 0 Å². The van der Waals surface area contributed by atoms with Crippen LogP contribution < -0.4 is 0 Å². The Hall–Kier alpha value is 0.594. The molecule has 0 aliphatic heterocycles. The third kappa shape index (κ3) is 4.41. The van der Waals surface area contributed by atoms with E-state index in [1.54, 1.807) is 0 Å². The van der Waals surface area contributed by atoms with Crippen LogP contribution in [0.1, 0.15) is 34.1 Å². The summed E-state index contributed by atoms with van der Waals surface area (Å²) in [7, 11) is 0. The van der Waals surface area contributed by atoms with E-state index < -0.39 is 4.09 Å². The molecular formula is C10H21O3Ti. The van der Waals surface area contributed by atoms with E-state index in [0.717, 1.165) is 6.42 Å². The standard InChI is InChI=1S/C10H21O3.Ti/c1-5-9(11-6-2)10(12-7-3)13-8-4;/h9H,5-8H2,1-4H3;. The van der Waals surface area contributed by atoms with Crippen molar-refractivity contribution in [2.75, 3.05) is 19.8 Å². The predicted molar refractivity (Wildman–Crippen MR) is 51.7 cm³/mol. The zero-order valence-corrected chi connectivity index (χ0v) is 11.2. The Kier molecular flexibility index (Phi) is 8.16. The molecule has 0 N–H and O–H groups in total. The van der Waals surface area contributed by atoms with Gasteiger partial charge in [0, 0.05) is 0 Å². The van der Waals surface area contributed by atoms with E-state index in [9.17, 15) is 0 Å². The van der Waals surface area contributed by atoms with Crippen molar-refractivity contribution in [1.82, 2.24) is 0 Å². The summed E-state index contributed by atoms with van der Waals surface area (Å²) in [6.45, 7) is 9.97. The van der Waals surface area contributed by atoms with E-state index in [1.165, 1.54) is 0 Å². The Morgan fingerprint density at radius 1 is 1.00 bits per heavy atom. The molecule has 3 nitrogen and oxygen atoms in total. The Labute approximate surface area is 98.9 Å². The molecule has 0 aliphatic rings. The summed E-state index contributed by atoms with van der Waals surface area (Å²) in [5.41, 5.74) is 0. The van der Waals surface area contributed by atoms with E-state index in [2.05, 4.69) is 6.92 Å². The van der Waals surface area contributed by atoms with Crippen LogP contribution in [0.3, 0.4) is 0 Å². The molecule has 0 fully saturated rings. The average molecular weight is 237 g/mol. The first kappa shape index (κ1) is 14.6. The van der Waals surface area contributed by atoms with Gasteiger partial charge in [0.1, 0.15) is 0 Å². The Morgan fingerprint density at radius 3 is 1.79 bits per heavy atom. The second kappa shape index (κ2) is 7.83. The molecule has 4 heteroatoms.